The predicted octanol–water partition coefficient (Wildman–Crippen LogP) is 2.10. The molecule has 0 aromatic carbocycles. The lowest BCUT2D eigenvalue weighted by atomic mass is 10.2. The van der Waals surface area contributed by atoms with E-state index in [9.17, 15) is 4.79 Å². The van der Waals surface area contributed by atoms with Gasteiger partial charge in [0, 0.05) is 18.4 Å². The number of carbonyl (C=O) groups excluding carboxylic acids is 1. The van der Waals surface area contributed by atoms with E-state index in [1.807, 2.05) is 25.5 Å². The molecule has 2 heterocycles. The van der Waals surface area contributed by atoms with Gasteiger partial charge in [0.15, 0.2) is 0 Å². The molecule has 0 unspecified atom stereocenters. The van der Waals surface area contributed by atoms with E-state index < -0.39 is 0 Å². The largest absolute Gasteiger partial charge is 0.365 e. The molecule has 2 aromatic heterocycles. The van der Waals surface area contributed by atoms with Gasteiger partial charge in [0.25, 0.3) is 5.91 Å². The molecule has 0 fully saturated rings. The van der Waals surface area contributed by atoms with E-state index in [1.54, 1.807) is 18.5 Å². The Kier molecular flexibility index (Phi) is 2.99. The summed E-state index contributed by atoms with van der Waals surface area (Å²) in [4.78, 5) is 15.0. The Hall–Kier alpha value is -2.04. The molecule has 17 heavy (non-hydrogen) atoms. The van der Waals surface area contributed by atoms with Crippen molar-refractivity contribution >= 4 is 11.6 Å². The highest BCUT2D eigenvalue weighted by atomic mass is 16.1. The Labute approximate surface area is 99.8 Å². The smallest absolute Gasteiger partial charge is 0.257 e. The monoisotopic (exact) mass is 232 g/mol. The van der Waals surface area contributed by atoms with Gasteiger partial charge in [-0.3, -0.25) is 9.48 Å². The van der Waals surface area contributed by atoms with Crippen LogP contribution in [0.15, 0.2) is 18.5 Å². The summed E-state index contributed by atoms with van der Waals surface area (Å²) in [5, 5.41) is 7.05. The molecule has 1 amide bonds. The van der Waals surface area contributed by atoms with Gasteiger partial charge in [-0.1, -0.05) is 0 Å². The van der Waals surface area contributed by atoms with Crippen LogP contribution in [-0.4, -0.2) is 20.7 Å². The number of H-pyrrole nitrogens is 1. The van der Waals surface area contributed by atoms with Gasteiger partial charge >= 0.3 is 0 Å². The lowest BCUT2D eigenvalue weighted by Gasteiger charge is -2.04. The van der Waals surface area contributed by atoms with Crippen molar-refractivity contribution in [3.05, 3.63) is 35.4 Å². The topological polar surface area (TPSA) is 62.7 Å². The fraction of sp³-hybridized carbons (Fsp3) is 0.333. The molecule has 5 nitrogen and oxygen atoms in total. The van der Waals surface area contributed by atoms with E-state index in [4.69, 9.17) is 0 Å². The van der Waals surface area contributed by atoms with Crippen LogP contribution >= 0.6 is 0 Å². The van der Waals surface area contributed by atoms with Gasteiger partial charge < -0.3 is 10.3 Å². The standard InChI is InChI=1S/C12H16N4O/c1-4-16-9(3)11(7-14-16)15-12(17)10-5-6-13-8(10)2/h5-7,13H,4H2,1-3H3,(H,15,17). The number of nitrogens with one attached hydrogen (secondary N) is 2. The zero-order chi connectivity index (χ0) is 12.4. The maximum absolute atomic E-state index is 12.0. The first-order valence-corrected chi connectivity index (χ1v) is 5.61. The number of aromatic nitrogens is 3. The second-order valence-electron chi connectivity index (χ2n) is 3.93. The summed E-state index contributed by atoms with van der Waals surface area (Å²) in [6, 6.07) is 1.77. The van der Waals surface area contributed by atoms with Crippen LogP contribution in [0, 0.1) is 13.8 Å². The third kappa shape index (κ3) is 2.08. The molecule has 0 aliphatic rings. The highest BCUT2D eigenvalue weighted by Gasteiger charge is 2.13. The van der Waals surface area contributed by atoms with Gasteiger partial charge in [-0.25, -0.2) is 0 Å². The maximum Gasteiger partial charge on any atom is 0.257 e. The first-order chi connectivity index (χ1) is 8.13. The maximum atomic E-state index is 12.0. The summed E-state index contributed by atoms with van der Waals surface area (Å²) in [5.41, 5.74) is 3.25. The second kappa shape index (κ2) is 4.45. The van der Waals surface area contributed by atoms with Gasteiger partial charge in [-0.2, -0.15) is 5.10 Å². The fourth-order valence-electron chi connectivity index (χ4n) is 1.78. The Morgan fingerprint density at radius 3 is 2.82 bits per heavy atom. The van der Waals surface area contributed by atoms with E-state index in [0.717, 1.165) is 23.6 Å². The second-order valence-corrected chi connectivity index (χ2v) is 3.93. The number of aromatic amines is 1. The molecule has 0 spiro atoms. The molecule has 0 saturated heterocycles. The zero-order valence-electron chi connectivity index (χ0n) is 10.2. The lowest BCUT2D eigenvalue weighted by molar-refractivity contribution is 0.102. The average molecular weight is 232 g/mol. The summed E-state index contributed by atoms with van der Waals surface area (Å²) in [6.45, 7) is 6.63. The van der Waals surface area contributed by atoms with Crippen LogP contribution in [0.2, 0.25) is 0 Å². The van der Waals surface area contributed by atoms with E-state index >= 15 is 0 Å². The summed E-state index contributed by atoms with van der Waals surface area (Å²) in [5.74, 6) is -0.109. The molecule has 0 atom stereocenters. The van der Waals surface area contributed by atoms with E-state index in [0.29, 0.717) is 5.56 Å². The molecule has 0 bridgehead atoms. The fourth-order valence-corrected chi connectivity index (χ4v) is 1.78. The first-order valence-electron chi connectivity index (χ1n) is 5.61. The molecule has 5 heteroatoms. The Morgan fingerprint density at radius 1 is 1.53 bits per heavy atom. The quantitative estimate of drug-likeness (QED) is 0.851. The van der Waals surface area contributed by atoms with Crippen LogP contribution in [0.25, 0.3) is 0 Å². The van der Waals surface area contributed by atoms with Crippen LogP contribution in [0.4, 0.5) is 5.69 Å². The molecule has 2 N–H and O–H groups in total. The van der Waals surface area contributed by atoms with Gasteiger partial charge in [-0.05, 0) is 26.8 Å². The SMILES string of the molecule is CCn1ncc(NC(=O)c2cc[nH]c2C)c1C. The highest BCUT2D eigenvalue weighted by molar-refractivity contribution is 6.05. The van der Waals surface area contributed by atoms with Crippen LogP contribution in [-0.2, 0) is 6.54 Å². The summed E-state index contributed by atoms with van der Waals surface area (Å²) in [7, 11) is 0. The molecular weight excluding hydrogens is 216 g/mol. The molecule has 2 rings (SSSR count). The van der Waals surface area contributed by atoms with Crippen molar-refractivity contribution in [2.24, 2.45) is 0 Å². The Bertz CT molecular complexity index is 538. The molecule has 0 saturated carbocycles. The number of anilines is 1. The summed E-state index contributed by atoms with van der Waals surface area (Å²) in [6.07, 6.45) is 3.44. The average Bonchev–Trinajstić information content (AvgIpc) is 2.87. The number of rotatable bonds is 3. The molecular formula is C12H16N4O. The molecule has 90 valence electrons. The molecule has 0 aliphatic carbocycles. The molecule has 0 radical (unpaired) electrons. The number of hydrogen-bond acceptors (Lipinski definition) is 2. The summed E-state index contributed by atoms with van der Waals surface area (Å²) >= 11 is 0. The minimum atomic E-state index is -0.109. The van der Waals surface area contributed by atoms with Crippen molar-refractivity contribution in [1.82, 2.24) is 14.8 Å². The number of hydrogen-bond donors (Lipinski definition) is 2. The Morgan fingerprint density at radius 2 is 2.29 bits per heavy atom. The minimum absolute atomic E-state index is 0.109. The summed E-state index contributed by atoms with van der Waals surface area (Å²) < 4.78 is 1.85. The third-order valence-corrected chi connectivity index (χ3v) is 2.85. The van der Waals surface area contributed by atoms with E-state index in [2.05, 4.69) is 15.4 Å². The third-order valence-electron chi connectivity index (χ3n) is 2.85. The lowest BCUT2D eigenvalue weighted by Crippen LogP contribution is -2.13. The van der Waals surface area contributed by atoms with Crippen molar-refractivity contribution in [3.8, 4) is 0 Å². The van der Waals surface area contributed by atoms with Crippen LogP contribution in [0.5, 0.6) is 0 Å². The van der Waals surface area contributed by atoms with Crippen molar-refractivity contribution in [2.75, 3.05) is 5.32 Å². The van der Waals surface area contributed by atoms with Gasteiger partial charge in [-0.15, -0.1) is 0 Å². The number of amides is 1. The van der Waals surface area contributed by atoms with Gasteiger partial charge in [0.05, 0.1) is 23.1 Å². The zero-order valence-corrected chi connectivity index (χ0v) is 10.2. The van der Waals surface area contributed by atoms with E-state index in [-0.39, 0.29) is 5.91 Å². The number of aryl methyl sites for hydroxylation is 2. The molecule has 0 aliphatic heterocycles. The van der Waals surface area contributed by atoms with Crippen LogP contribution in [0.3, 0.4) is 0 Å². The van der Waals surface area contributed by atoms with Crippen molar-refractivity contribution in [1.29, 1.82) is 0 Å². The van der Waals surface area contributed by atoms with Crippen molar-refractivity contribution in [3.63, 3.8) is 0 Å². The number of carbonyl (C=O) groups is 1. The first kappa shape index (κ1) is 11.4. The van der Waals surface area contributed by atoms with Crippen LogP contribution in [0.1, 0.15) is 28.7 Å². The number of nitrogens with zero attached hydrogens (tertiary/aromatic N) is 2. The van der Waals surface area contributed by atoms with Crippen molar-refractivity contribution in [2.45, 2.75) is 27.3 Å². The highest BCUT2D eigenvalue weighted by Crippen LogP contribution is 2.15. The van der Waals surface area contributed by atoms with Crippen molar-refractivity contribution < 1.29 is 4.79 Å². The Balaban J connectivity index is 2.19. The molecule has 2 aromatic rings. The minimum Gasteiger partial charge on any atom is -0.365 e. The predicted molar refractivity (Wildman–Crippen MR) is 66.1 cm³/mol. The van der Waals surface area contributed by atoms with Gasteiger partial charge in [0.2, 0.25) is 0 Å². The van der Waals surface area contributed by atoms with E-state index in [1.165, 1.54) is 0 Å². The van der Waals surface area contributed by atoms with Crippen LogP contribution < -0.4 is 5.32 Å². The van der Waals surface area contributed by atoms with Gasteiger partial charge in [0.1, 0.15) is 0 Å². The normalized spacial score (nSPS) is 10.5.